The topological polar surface area (TPSA) is 59.4 Å². The van der Waals surface area contributed by atoms with E-state index >= 15 is 0 Å². The molecule has 0 bridgehead atoms. The van der Waals surface area contributed by atoms with Crippen molar-refractivity contribution in [2.75, 3.05) is 0 Å². The summed E-state index contributed by atoms with van der Waals surface area (Å²) in [5.74, 6) is 0.626. The molecule has 2 aromatic carbocycles. The number of aromatic nitrogens is 5. The zero-order valence-electron chi connectivity index (χ0n) is 18.1. The highest BCUT2D eigenvalue weighted by molar-refractivity contribution is 5.86. The van der Waals surface area contributed by atoms with Crippen molar-refractivity contribution < 1.29 is 4.39 Å². The molecule has 5 rings (SSSR count). The molecular formula is C26H24FN5. The maximum absolute atomic E-state index is 14.1. The molecule has 1 N–H and O–H groups in total. The number of halogens is 1. The van der Waals surface area contributed by atoms with E-state index in [1.807, 2.05) is 53.3 Å². The third kappa shape index (κ3) is 3.91. The van der Waals surface area contributed by atoms with E-state index in [2.05, 4.69) is 29.9 Å². The summed E-state index contributed by atoms with van der Waals surface area (Å²) in [7, 11) is 0. The van der Waals surface area contributed by atoms with E-state index in [0.29, 0.717) is 18.4 Å². The van der Waals surface area contributed by atoms with Gasteiger partial charge in [-0.1, -0.05) is 30.3 Å². The first-order valence-corrected chi connectivity index (χ1v) is 10.8. The van der Waals surface area contributed by atoms with Crippen LogP contribution in [0.25, 0.3) is 33.5 Å². The first-order valence-electron chi connectivity index (χ1n) is 10.8. The lowest BCUT2D eigenvalue weighted by molar-refractivity contribution is 0.534. The maximum atomic E-state index is 14.1. The second-order valence-electron chi connectivity index (χ2n) is 8.18. The molecule has 5 nitrogen and oxygen atoms in total. The normalized spacial score (nSPS) is 11.5. The predicted molar refractivity (Wildman–Crippen MR) is 125 cm³/mol. The predicted octanol–water partition coefficient (Wildman–Crippen LogP) is 5.99. The van der Waals surface area contributed by atoms with Crippen molar-refractivity contribution in [3.05, 3.63) is 90.3 Å². The summed E-state index contributed by atoms with van der Waals surface area (Å²) < 4.78 is 16.0. The smallest absolute Gasteiger partial charge is 0.126 e. The number of imidazole rings is 1. The average molecular weight is 426 g/mol. The molecule has 3 heterocycles. The highest BCUT2D eigenvalue weighted by Crippen LogP contribution is 2.31. The third-order valence-corrected chi connectivity index (χ3v) is 5.61. The standard InChI is InChI=1S/C26H24FN5/c1-17(2)32-15-13-23(31-32)26-25(20-9-11-22-19(16-20)7-5-14-28-22)29-24(30-26)12-10-18-6-3-4-8-21(18)27/h3-9,11,13-17H,10,12H2,1-2H3,(H,29,30). The molecule has 3 aromatic heterocycles. The minimum atomic E-state index is -0.183. The maximum Gasteiger partial charge on any atom is 0.126 e. The lowest BCUT2D eigenvalue weighted by atomic mass is 10.1. The van der Waals surface area contributed by atoms with Crippen LogP contribution in [0.3, 0.4) is 0 Å². The molecule has 0 aliphatic heterocycles. The Bertz CT molecular complexity index is 1380. The SMILES string of the molecule is CC(C)n1ccc(-c2[nH]c(CCc3ccccc3F)nc2-c2ccc3ncccc3c2)n1. The number of nitrogens with one attached hydrogen (secondary N) is 1. The van der Waals surface area contributed by atoms with E-state index in [-0.39, 0.29) is 11.9 Å². The van der Waals surface area contributed by atoms with Gasteiger partial charge < -0.3 is 4.98 Å². The molecule has 0 atom stereocenters. The molecule has 0 saturated heterocycles. The number of aromatic amines is 1. The van der Waals surface area contributed by atoms with Gasteiger partial charge in [0.15, 0.2) is 0 Å². The fourth-order valence-electron chi connectivity index (χ4n) is 3.87. The van der Waals surface area contributed by atoms with Gasteiger partial charge in [0.25, 0.3) is 0 Å². The van der Waals surface area contributed by atoms with Gasteiger partial charge in [0, 0.05) is 35.8 Å². The monoisotopic (exact) mass is 425 g/mol. The van der Waals surface area contributed by atoms with Crippen LogP contribution >= 0.6 is 0 Å². The lowest BCUT2D eigenvalue weighted by Crippen LogP contribution is -2.01. The number of benzene rings is 2. The van der Waals surface area contributed by atoms with Crippen molar-refractivity contribution in [3.63, 3.8) is 0 Å². The minimum absolute atomic E-state index is 0.183. The summed E-state index contributed by atoms with van der Waals surface area (Å²) in [4.78, 5) is 12.8. The van der Waals surface area contributed by atoms with E-state index in [4.69, 9.17) is 10.1 Å². The largest absolute Gasteiger partial charge is 0.340 e. The Morgan fingerprint density at radius 2 is 1.88 bits per heavy atom. The number of hydrogen-bond acceptors (Lipinski definition) is 3. The van der Waals surface area contributed by atoms with Crippen molar-refractivity contribution in [2.45, 2.75) is 32.7 Å². The second kappa shape index (κ2) is 8.38. The Morgan fingerprint density at radius 3 is 2.69 bits per heavy atom. The summed E-state index contributed by atoms with van der Waals surface area (Å²) in [5.41, 5.74) is 5.17. The molecule has 0 aliphatic rings. The van der Waals surface area contributed by atoms with E-state index < -0.39 is 0 Å². The molecule has 0 unspecified atom stereocenters. The Balaban J connectivity index is 1.55. The van der Waals surface area contributed by atoms with Crippen molar-refractivity contribution in [3.8, 4) is 22.6 Å². The van der Waals surface area contributed by atoms with Crippen molar-refractivity contribution in [1.82, 2.24) is 24.7 Å². The molecular weight excluding hydrogens is 401 g/mol. The van der Waals surface area contributed by atoms with Gasteiger partial charge in [-0.05, 0) is 56.2 Å². The molecule has 32 heavy (non-hydrogen) atoms. The number of H-pyrrole nitrogens is 1. The summed E-state index contributed by atoms with van der Waals surface area (Å²) in [6, 6.07) is 19.3. The molecule has 0 radical (unpaired) electrons. The Hall–Kier alpha value is -3.80. The zero-order chi connectivity index (χ0) is 22.1. The third-order valence-electron chi connectivity index (χ3n) is 5.61. The fourth-order valence-corrected chi connectivity index (χ4v) is 3.87. The fraction of sp³-hybridized carbons (Fsp3) is 0.192. The van der Waals surface area contributed by atoms with Crippen LogP contribution in [0.4, 0.5) is 4.39 Å². The van der Waals surface area contributed by atoms with Crippen LogP contribution in [0.5, 0.6) is 0 Å². The molecule has 0 spiro atoms. The number of hydrogen-bond donors (Lipinski definition) is 1. The van der Waals surface area contributed by atoms with Crippen LogP contribution in [0, 0.1) is 5.82 Å². The van der Waals surface area contributed by atoms with Gasteiger partial charge >= 0.3 is 0 Å². The molecule has 0 amide bonds. The number of aryl methyl sites for hydroxylation is 2. The van der Waals surface area contributed by atoms with Crippen LogP contribution in [0.1, 0.15) is 31.3 Å². The van der Waals surface area contributed by atoms with E-state index in [0.717, 1.165) is 39.4 Å². The average Bonchev–Trinajstić information content (AvgIpc) is 3.46. The van der Waals surface area contributed by atoms with Crippen LogP contribution in [0.2, 0.25) is 0 Å². The number of pyridine rings is 1. The van der Waals surface area contributed by atoms with E-state index in [1.165, 1.54) is 6.07 Å². The molecule has 0 saturated carbocycles. The van der Waals surface area contributed by atoms with Gasteiger partial charge in [0.05, 0.1) is 16.9 Å². The van der Waals surface area contributed by atoms with E-state index in [1.54, 1.807) is 12.3 Å². The second-order valence-corrected chi connectivity index (χ2v) is 8.18. The van der Waals surface area contributed by atoms with E-state index in [9.17, 15) is 4.39 Å². The molecule has 6 heteroatoms. The molecule has 0 aliphatic carbocycles. The van der Waals surface area contributed by atoms with Gasteiger partial charge in [0.2, 0.25) is 0 Å². The van der Waals surface area contributed by atoms with Gasteiger partial charge in [-0.3, -0.25) is 9.67 Å². The highest BCUT2D eigenvalue weighted by atomic mass is 19.1. The summed E-state index contributed by atoms with van der Waals surface area (Å²) in [6.07, 6.45) is 4.95. The first kappa shape index (κ1) is 20.1. The molecule has 160 valence electrons. The van der Waals surface area contributed by atoms with Gasteiger partial charge in [-0.2, -0.15) is 5.10 Å². The van der Waals surface area contributed by atoms with Crippen molar-refractivity contribution >= 4 is 10.9 Å². The highest BCUT2D eigenvalue weighted by Gasteiger charge is 2.17. The Labute approximate surface area is 186 Å². The zero-order valence-corrected chi connectivity index (χ0v) is 18.1. The Kier molecular flexibility index (Phi) is 5.27. The molecule has 5 aromatic rings. The first-order chi connectivity index (χ1) is 15.6. The summed E-state index contributed by atoms with van der Waals surface area (Å²) >= 11 is 0. The quantitative estimate of drug-likeness (QED) is 0.363. The minimum Gasteiger partial charge on any atom is -0.340 e. The van der Waals surface area contributed by atoms with Gasteiger partial charge in [0.1, 0.15) is 17.3 Å². The van der Waals surface area contributed by atoms with Crippen LogP contribution in [0.15, 0.2) is 73.1 Å². The van der Waals surface area contributed by atoms with Crippen molar-refractivity contribution in [2.24, 2.45) is 0 Å². The Morgan fingerprint density at radius 1 is 1.00 bits per heavy atom. The van der Waals surface area contributed by atoms with Crippen LogP contribution in [-0.2, 0) is 12.8 Å². The number of fused-ring (bicyclic) bond motifs is 1. The van der Waals surface area contributed by atoms with Crippen LogP contribution < -0.4 is 0 Å². The number of nitrogens with zero attached hydrogens (tertiary/aromatic N) is 4. The van der Waals surface area contributed by atoms with Gasteiger partial charge in [-0.15, -0.1) is 0 Å². The lowest BCUT2D eigenvalue weighted by Gasteiger charge is -2.05. The van der Waals surface area contributed by atoms with Crippen molar-refractivity contribution in [1.29, 1.82) is 0 Å². The summed E-state index contributed by atoms with van der Waals surface area (Å²) in [5, 5.41) is 5.80. The summed E-state index contributed by atoms with van der Waals surface area (Å²) in [6.45, 7) is 4.20. The van der Waals surface area contributed by atoms with Gasteiger partial charge in [-0.25, -0.2) is 9.37 Å². The number of rotatable bonds is 6. The molecule has 0 fully saturated rings. The van der Waals surface area contributed by atoms with Crippen LogP contribution in [-0.4, -0.2) is 24.7 Å².